The number of ether oxygens (including phenoxy) is 1. The molecule has 0 spiro atoms. The summed E-state index contributed by atoms with van der Waals surface area (Å²) in [7, 11) is 0. The number of likely N-dealkylation sites (tertiary alicyclic amines) is 1. The fourth-order valence-corrected chi connectivity index (χ4v) is 3.06. The third-order valence-corrected chi connectivity index (χ3v) is 3.86. The molecule has 1 aliphatic heterocycles. The van der Waals surface area contributed by atoms with E-state index in [1.807, 2.05) is 18.2 Å². The number of nitrogens with zero attached hydrogens (tertiary/aromatic N) is 1. The molecule has 116 valence electrons. The predicted octanol–water partition coefficient (Wildman–Crippen LogP) is 2.42. The molecule has 1 aromatic carbocycles. The summed E-state index contributed by atoms with van der Waals surface area (Å²) in [6, 6.07) is 7.93. The van der Waals surface area contributed by atoms with Gasteiger partial charge in [-0.25, -0.2) is 0 Å². The van der Waals surface area contributed by atoms with Gasteiger partial charge in [0.1, 0.15) is 5.75 Å². The van der Waals surface area contributed by atoms with Gasteiger partial charge in [0.2, 0.25) is 0 Å². The van der Waals surface area contributed by atoms with Crippen LogP contribution >= 0.6 is 0 Å². The lowest BCUT2D eigenvalue weighted by Gasteiger charge is -2.17. The Morgan fingerprint density at radius 1 is 1.48 bits per heavy atom. The Hall–Kier alpha value is -1.55. The fourth-order valence-electron chi connectivity index (χ4n) is 3.06. The van der Waals surface area contributed by atoms with Gasteiger partial charge in [-0.1, -0.05) is 26.0 Å². The zero-order valence-electron chi connectivity index (χ0n) is 13.0. The van der Waals surface area contributed by atoms with Crippen LogP contribution in [0.25, 0.3) is 0 Å². The molecular weight excluding hydrogens is 264 g/mol. The molecule has 1 saturated heterocycles. The highest BCUT2D eigenvalue weighted by Gasteiger charge is 2.22. The summed E-state index contributed by atoms with van der Waals surface area (Å²) in [5.74, 6) is 1.88. The molecule has 1 atom stereocenters. The van der Waals surface area contributed by atoms with Crippen LogP contribution < -0.4 is 10.5 Å². The van der Waals surface area contributed by atoms with Crippen LogP contribution in [0.2, 0.25) is 0 Å². The van der Waals surface area contributed by atoms with E-state index in [0.29, 0.717) is 5.75 Å². The predicted molar refractivity (Wildman–Crippen MR) is 84.0 cm³/mol. The average Bonchev–Trinajstić information content (AvgIpc) is 2.83. The number of carbonyl (C=O) groups is 1. The smallest absolute Gasteiger partial charge is 0.255 e. The molecule has 1 aromatic rings. The summed E-state index contributed by atoms with van der Waals surface area (Å²) in [5.41, 5.74) is 6.32. The van der Waals surface area contributed by atoms with E-state index in [1.165, 1.54) is 31.5 Å². The number of rotatable bonds is 7. The first kappa shape index (κ1) is 15.8. The number of carbonyl (C=O) groups excluding carboxylic acids is 1. The highest BCUT2D eigenvalue weighted by molar-refractivity contribution is 5.75. The maximum Gasteiger partial charge on any atom is 0.255 e. The highest BCUT2D eigenvalue weighted by atomic mass is 16.5. The summed E-state index contributed by atoms with van der Waals surface area (Å²) in [6.45, 7) is 7.82. The van der Waals surface area contributed by atoms with Crippen LogP contribution in [-0.2, 0) is 11.3 Å². The Bertz CT molecular complexity index is 474. The second-order valence-corrected chi connectivity index (χ2v) is 6.42. The first-order valence-electron chi connectivity index (χ1n) is 7.75. The third-order valence-electron chi connectivity index (χ3n) is 3.86. The number of benzene rings is 1. The molecule has 0 aromatic heterocycles. The molecule has 1 heterocycles. The van der Waals surface area contributed by atoms with Crippen LogP contribution in [-0.4, -0.2) is 30.5 Å². The van der Waals surface area contributed by atoms with Gasteiger partial charge in [0.15, 0.2) is 6.61 Å². The summed E-state index contributed by atoms with van der Waals surface area (Å²) in [4.78, 5) is 13.2. The minimum atomic E-state index is -0.448. The van der Waals surface area contributed by atoms with Crippen LogP contribution in [0.3, 0.4) is 0 Å². The molecule has 1 fully saturated rings. The van der Waals surface area contributed by atoms with Crippen molar-refractivity contribution in [3.8, 4) is 5.75 Å². The van der Waals surface area contributed by atoms with Gasteiger partial charge in [0.05, 0.1) is 0 Å². The zero-order valence-corrected chi connectivity index (χ0v) is 13.0. The second kappa shape index (κ2) is 7.46. The number of primary amides is 1. The highest BCUT2D eigenvalue weighted by Crippen LogP contribution is 2.25. The average molecular weight is 290 g/mol. The van der Waals surface area contributed by atoms with E-state index in [4.69, 9.17) is 10.5 Å². The van der Waals surface area contributed by atoms with E-state index in [-0.39, 0.29) is 6.61 Å². The van der Waals surface area contributed by atoms with Gasteiger partial charge in [-0.15, -0.1) is 0 Å². The molecule has 1 aliphatic rings. The van der Waals surface area contributed by atoms with Crippen molar-refractivity contribution < 1.29 is 9.53 Å². The first-order valence-corrected chi connectivity index (χ1v) is 7.75. The maximum absolute atomic E-state index is 10.7. The van der Waals surface area contributed by atoms with E-state index in [9.17, 15) is 4.79 Å². The molecular formula is C17H26N2O2. The van der Waals surface area contributed by atoms with Crippen molar-refractivity contribution in [1.29, 1.82) is 0 Å². The lowest BCUT2D eigenvalue weighted by molar-refractivity contribution is -0.119. The lowest BCUT2D eigenvalue weighted by Crippen LogP contribution is -2.21. The van der Waals surface area contributed by atoms with Crippen molar-refractivity contribution in [2.45, 2.75) is 33.2 Å². The molecule has 0 aliphatic carbocycles. The van der Waals surface area contributed by atoms with Crippen LogP contribution in [0.5, 0.6) is 5.75 Å². The van der Waals surface area contributed by atoms with Crippen LogP contribution in [0.4, 0.5) is 0 Å². The zero-order chi connectivity index (χ0) is 15.2. The largest absolute Gasteiger partial charge is 0.484 e. The fraction of sp³-hybridized carbons (Fsp3) is 0.588. The van der Waals surface area contributed by atoms with Crippen LogP contribution in [0.15, 0.2) is 24.3 Å². The van der Waals surface area contributed by atoms with Gasteiger partial charge in [-0.2, -0.15) is 0 Å². The standard InChI is InChI=1S/C17H26N2O2/c1-13(2)8-15-6-7-19(11-15)10-14-4-3-5-16(9-14)21-12-17(18)20/h3-5,9,13,15H,6-8,10-12H2,1-2H3,(H2,18,20). The topological polar surface area (TPSA) is 55.6 Å². The molecule has 1 unspecified atom stereocenters. The SMILES string of the molecule is CC(C)CC1CCN(Cc2cccc(OCC(N)=O)c2)C1. The van der Waals surface area contributed by atoms with Crippen LogP contribution in [0.1, 0.15) is 32.3 Å². The lowest BCUT2D eigenvalue weighted by atomic mass is 9.97. The maximum atomic E-state index is 10.7. The normalized spacial score (nSPS) is 19.1. The monoisotopic (exact) mass is 290 g/mol. The minimum Gasteiger partial charge on any atom is -0.484 e. The Labute approximate surface area is 127 Å². The quantitative estimate of drug-likeness (QED) is 0.839. The molecule has 1 amide bonds. The van der Waals surface area contributed by atoms with E-state index in [2.05, 4.69) is 24.8 Å². The molecule has 4 heteroatoms. The molecule has 0 radical (unpaired) electrons. The Morgan fingerprint density at radius 3 is 3.00 bits per heavy atom. The Kier molecular flexibility index (Phi) is 5.62. The first-order chi connectivity index (χ1) is 10.0. The summed E-state index contributed by atoms with van der Waals surface area (Å²) >= 11 is 0. The van der Waals surface area contributed by atoms with Crippen molar-refractivity contribution in [2.24, 2.45) is 17.6 Å². The van der Waals surface area contributed by atoms with Crippen molar-refractivity contribution >= 4 is 5.91 Å². The van der Waals surface area contributed by atoms with Crippen LogP contribution in [0, 0.1) is 11.8 Å². The van der Waals surface area contributed by atoms with Crippen molar-refractivity contribution in [1.82, 2.24) is 4.90 Å². The van der Waals surface area contributed by atoms with Crippen molar-refractivity contribution in [3.63, 3.8) is 0 Å². The van der Waals surface area contributed by atoms with Gasteiger partial charge in [0, 0.05) is 13.1 Å². The molecule has 4 nitrogen and oxygen atoms in total. The molecule has 0 saturated carbocycles. The Balaban J connectivity index is 1.85. The van der Waals surface area contributed by atoms with Crippen molar-refractivity contribution in [2.75, 3.05) is 19.7 Å². The van der Waals surface area contributed by atoms with E-state index in [0.717, 1.165) is 18.4 Å². The molecule has 2 rings (SSSR count). The number of nitrogens with two attached hydrogens (primary N) is 1. The summed E-state index contributed by atoms with van der Waals surface area (Å²) in [5, 5.41) is 0. The number of amides is 1. The second-order valence-electron chi connectivity index (χ2n) is 6.42. The van der Waals surface area contributed by atoms with Gasteiger partial charge < -0.3 is 10.5 Å². The van der Waals surface area contributed by atoms with Gasteiger partial charge in [0.25, 0.3) is 5.91 Å². The number of hydrogen-bond acceptors (Lipinski definition) is 3. The molecule has 0 bridgehead atoms. The summed E-state index contributed by atoms with van der Waals surface area (Å²) in [6.07, 6.45) is 2.62. The Morgan fingerprint density at radius 2 is 2.29 bits per heavy atom. The van der Waals surface area contributed by atoms with E-state index in [1.54, 1.807) is 0 Å². The molecule has 2 N–H and O–H groups in total. The third kappa shape index (κ3) is 5.38. The van der Waals surface area contributed by atoms with E-state index < -0.39 is 5.91 Å². The van der Waals surface area contributed by atoms with Gasteiger partial charge in [-0.05, 0) is 48.9 Å². The van der Waals surface area contributed by atoms with Gasteiger partial charge in [-0.3, -0.25) is 9.69 Å². The number of hydrogen-bond donors (Lipinski definition) is 1. The molecule has 21 heavy (non-hydrogen) atoms. The van der Waals surface area contributed by atoms with Crippen molar-refractivity contribution in [3.05, 3.63) is 29.8 Å². The van der Waals surface area contributed by atoms with Gasteiger partial charge >= 0.3 is 0 Å². The summed E-state index contributed by atoms with van der Waals surface area (Å²) < 4.78 is 5.35. The minimum absolute atomic E-state index is 0.0658. The van der Waals surface area contributed by atoms with E-state index >= 15 is 0 Å².